The monoisotopic (exact) mass is 315 g/mol. The maximum Gasteiger partial charge on any atom is 0.124 e. The average Bonchev–Trinajstić information content (AvgIpc) is 1.94. The van der Waals surface area contributed by atoms with Crippen LogP contribution in [0.4, 0.5) is 10.1 Å². The van der Waals surface area contributed by atoms with Crippen LogP contribution in [0.25, 0.3) is 0 Å². The molecule has 0 amide bonds. The Morgan fingerprint density at radius 1 is 1.38 bits per heavy atom. The number of nitrogens with one attached hydrogen (secondary N) is 1. The van der Waals surface area contributed by atoms with Gasteiger partial charge in [-0.2, -0.15) is 0 Å². The number of hydrogen-bond acceptors (Lipinski definition) is 1. The number of rotatable bonds is 2. The Bertz CT molecular complexity index is 278. The van der Waals surface area contributed by atoms with Crippen molar-refractivity contribution < 1.29 is 4.39 Å². The third-order valence-corrected chi connectivity index (χ3v) is 2.27. The lowest BCUT2D eigenvalue weighted by atomic mass is 10.3. The summed E-state index contributed by atoms with van der Waals surface area (Å²) in [4.78, 5) is 0. The fourth-order valence-corrected chi connectivity index (χ4v) is 1.55. The summed E-state index contributed by atoms with van der Waals surface area (Å²) >= 11 is 2.12. The summed E-state index contributed by atoms with van der Waals surface area (Å²) in [6.45, 7) is 4.11. The van der Waals surface area contributed by atoms with Crippen molar-refractivity contribution in [3.63, 3.8) is 0 Å². The standard InChI is InChI=1S/C9H11FIN.ClH/c1-6(2)12-9-4-3-7(10)5-8(9)11;/h3-6,12H,1-2H3;1H. The number of benzene rings is 1. The lowest BCUT2D eigenvalue weighted by Crippen LogP contribution is -2.10. The van der Waals surface area contributed by atoms with E-state index < -0.39 is 0 Å². The van der Waals surface area contributed by atoms with Gasteiger partial charge in [-0.1, -0.05) is 0 Å². The predicted octanol–water partition coefficient (Wildman–Crippen LogP) is 3.67. The zero-order valence-electron chi connectivity index (χ0n) is 7.47. The summed E-state index contributed by atoms with van der Waals surface area (Å²) < 4.78 is 13.6. The Morgan fingerprint density at radius 2 is 2.00 bits per heavy atom. The van der Waals surface area contributed by atoms with Crippen molar-refractivity contribution in [2.24, 2.45) is 0 Å². The van der Waals surface area contributed by atoms with E-state index >= 15 is 0 Å². The Balaban J connectivity index is 0.00000144. The lowest BCUT2D eigenvalue weighted by Gasteiger charge is -2.11. The summed E-state index contributed by atoms with van der Waals surface area (Å²) in [7, 11) is 0. The molecular formula is C9H12ClFIN. The van der Waals surface area contributed by atoms with Crippen LogP contribution in [0.3, 0.4) is 0 Å². The van der Waals surface area contributed by atoms with Gasteiger partial charge in [0, 0.05) is 15.3 Å². The van der Waals surface area contributed by atoms with Crippen LogP contribution in [-0.4, -0.2) is 6.04 Å². The summed E-state index contributed by atoms with van der Waals surface area (Å²) in [5, 5.41) is 3.23. The van der Waals surface area contributed by atoms with Gasteiger partial charge in [0.05, 0.1) is 0 Å². The number of hydrogen-bond donors (Lipinski definition) is 1. The highest BCUT2D eigenvalue weighted by molar-refractivity contribution is 14.1. The van der Waals surface area contributed by atoms with E-state index in [9.17, 15) is 4.39 Å². The van der Waals surface area contributed by atoms with Gasteiger partial charge in [-0.3, -0.25) is 0 Å². The molecular weight excluding hydrogens is 303 g/mol. The van der Waals surface area contributed by atoms with Crippen LogP contribution < -0.4 is 5.32 Å². The molecule has 0 saturated heterocycles. The molecule has 0 aliphatic heterocycles. The third-order valence-electron chi connectivity index (χ3n) is 1.38. The zero-order valence-corrected chi connectivity index (χ0v) is 10.4. The van der Waals surface area contributed by atoms with Crippen molar-refractivity contribution >= 4 is 40.7 Å². The first-order valence-electron chi connectivity index (χ1n) is 3.81. The topological polar surface area (TPSA) is 12.0 Å². The van der Waals surface area contributed by atoms with Gasteiger partial charge >= 0.3 is 0 Å². The molecule has 0 atom stereocenters. The second kappa shape index (κ2) is 5.65. The molecule has 0 unspecified atom stereocenters. The summed E-state index contributed by atoms with van der Waals surface area (Å²) in [6, 6.07) is 5.12. The molecule has 0 aliphatic carbocycles. The van der Waals surface area contributed by atoms with Gasteiger partial charge in [0.2, 0.25) is 0 Å². The molecule has 4 heteroatoms. The first-order valence-corrected chi connectivity index (χ1v) is 4.89. The average molecular weight is 316 g/mol. The molecule has 1 aromatic rings. The van der Waals surface area contributed by atoms with Crippen LogP contribution >= 0.6 is 35.0 Å². The van der Waals surface area contributed by atoms with E-state index in [1.54, 1.807) is 6.07 Å². The van der Waals surface area contributed by atoms with Crippen LogP contribution in [-0.2, 0) is 0 Å². The minimum absolute atomic E-state index is 0. The predicted molar refractivity (Wildman–Crippen MR) is 65.1 cm³/mol. The zero-order chi connectivity index (χ0) is 9.14. The van der Waals surface area contributed by atoms with Crippen LogP contribution in [0.5, 0.6) is 0 Å². The fraction of sp³-hybridized carbons (Fsp3) is 0.333. The van der Waals surface area contributed by atoms with Gasteiger partial charge in [0.15, 0.2) is 0 Å². The molecule has 1 rings (SSSR count). The van der Waals surface area contributed by atoms with Crippen molar-refractivity contribution in [3.05, 3.63) is 27.6 Å². The van der Waals surface area contributed by atoms with Crippen LogP contribution in [0.1, 0.15) is 13.8 Å². The van der Waals surface area contributed by atoms with E-state index in [-0.39, 0.29) is 18.2 Å². The van der Waals surface area contributed by atoms with Crippen LogP contribution in [0.2, 0.25) is 0 Å². The molecule has 1 aromatic carbocycles. The van der Waals surface area contributed by atoms with Crippen molar-refractivity contribution in [2.75, 3.05) is 5.32 Å². The summed E-state index contributed by atoms with van der Waals surface area (Å²) in [6.07, 6.45) is 0. The first-order chi connectivity index (χ1) is 5.59. The minimum atomic E-state index is -0.186. The van der Waals surface area contributed by atoms with Gasteiger partial charge in [0.1, 0.15) is 5.82 Å². The van der Waals surface area contributed by atoms with E-state index in [4.69, 9.17) is 0 Å². The lowest BCUT2D eigenvalue weighted by molar-refractivity contribution is 0.627. The molecule has 1 nitrogen and oxygen atoms in total. The van der Waals surface area contributed by atoms with Gasteiger partial charge < -0.3 is 5.32 Å². The van der Waals surface area contributed by atoms with Crippen molar-refractivity contribution in [2.45, 2.75) is 19.9 Å². The molecule has 0 bridgehead atoms. The first kappa shape index (κ1) is 13.0. The van der Waals surface area contributed by atoms with Gasteiger partial charge in [-0.25, -0.2) is 4.39 Å². The quantitative estimate of drug-likeness (QED) is 0.821. The van der Waals surface area contributed by atoms with Crippen molar-refractivity contribution in [3.8, 4) is 0 Å². The Morgan fingerprint density at radius 3 is 2.46 bits per heavy atom. The van der Waals surface area contributed by atoms with Crippen molar-refractivity contribution in [1.82, 2.24) is 0 Å². The molecule has 74 valence electrons. The molecule has 0 aliphatic rings. The highest BCUT2D eigenvalue weighted by atomic mass is 127. The molecule has 0 radical (unpaired) electrons. The smallest absolute Gasteiger partial charge is 0.124 e. The van der Waals surface area contributed by atoms with Gasteiger partial charge in [0.25, 0.3) is 0 Å². The maximum atomic E-state index is 12.7. The molecule has 0 aromatic heterocycles. The third kappa shape index (κ3) is 4.13. The van der Waals surface area contributed by atoms with E-state index in [1.807, 2.05) is 0 Å². The van der Waals surface area contributed by atoms with Gasteiger partial charge in [-0.15, -0.1) is 12.4 Å². The van der Waals surface area contributed by atoms with Crippen LogP contribution in [0.15, 0.2) is 18.2 Å². The van der Waals surface area contributed by atoms with Crippen LogP contribution in [0, 0.1) is 9.39 Å². The number of anilines is 1. The normalized spacial score (nSPS) is 9.62. The second-order valence-corrected chi connectivity index (χ2v) is 4.09. The molecule has 0 saturated carbocycles. The fourth-order valence-electron chi connectivity index (χ4n) is 0.918. The summed E-state index contributed by atoms with van der Waals surface area (Å²) in [5.41, 5.74) is 0.993. The van der Waals surface area contributed by atoms with E-state index in [0.29, 0.717) is 6.04 Å². The second-order valence-electron chi connectivity index (χ2n) is 2.92. The Kier molecular flexibility index (Phi) is 5.64. The van der Waals surface area contributed by atoms with E-state index in [0.717, 1.165) is 9.26 Å². The maximum absolute atomic E-state index is 12.7. The Hall–Kier alpha value is -0.0300. The van der Waals surface area contributed by atoms with E-state index in [1.165, 1.54) is 12.1 Å². The molecule has 0 spiro atoms. The minimum Gasteiger partial charge on any atom is -0.382 e. The van der Waals surface area contributed by atoms with E-state index in [2.05, 4.69) is 41.8 Å². The Labute approximate surface area is 97.7 Å². The SMILES string of the molecule is CC(C)Nc1ccc(F)cc1I.Cl. The van der Waals surface area contributed by atoms with Gasteiger partial charge in [-0.05, 0) is 54.6 Å². The van der Waals surface area contributed by atoms with Crippen molar-refractivity contribution in [1.29, 1.82) is 0 Å². The summed E-state index contributed by atoms with van der Waals surface area (Å²) in [5.74, 6) is -0.186. The highest BCUT2D eigenvalue weighted by Gasteiger charge is 2.01. The molecule has 13 heavy (non-hydrogen) atoms. The largest absolute Gasteiger partial charge is 0.382 e. The highest BCUT2D eigenvalue weighted by Crippen LogP contribution is 2.19. The number of halogens is 3. The molecule has 0 fully saturated rings. The molecule has 0 heterocycles. The molecule has 1 N–H and O–H groups in total.